The van der Waals surface area contributed by atoms with Gasteiger partial charge in [0, 0.05) is 12.2 Å². The molecule has 1 saturated carbocycles. The number of hydrogen-bond donors (Lipinski definition) is 1. The fourth-order valence-corrected chi connectivity index (χ4v) is 4.24. The van der Waals surface area contributed by atoms with Crippen LogP contribution in [-0.2, 0) is 4.74 Å². The number of amides is 1. The number of hydrogen-bond acceptors (Lipinski definition) is 3. The summed E-state index contributed by atoms with van der Waals surface area (Å²) in [7, 11) is 0. The number of nitrogens with one attached hydrogen (secondary N) is 1. The van der Waals surface area contributed by atoms with Crippen LogP contribution < -0.4 is 4.90 Å². The SMILES string of the molecule is CCOC(=O)N(CC1CCC(c2ccccc2)CC1)c1ccc2nc[nH]c2c1. The second-order valence-electron chi connectivity index (χ2n) is 7.54. The van der Waals surface area contributed by atoms with Gasteiger partial charge >= 0.3 is 6.09 Å². The van der Waals surface area contributed by atoms with E-state index >= 15 is 0 Å². The highest BCUT2D eigenvalue weighted by Crippen LogP contribution is 2.36. The fourth-order valence-electron chi connectivity index (χ4n) is 4.24. The predicted octanol–water partition coefficient (Wildman–Crippen LogP) is 5.50. The number of ether oxygens (including phenoxy) is 1. The minimum Gasteiger partial charge on any atom is -0.449 e. The summed E-state index contributed by atoms with van der Waals surface area (Å²) in [6, 6.07) is 16.7. The van der Waals surface area contributed by atoms with E-state index in [9.17, 15) is 4.79 Å². The smallest absolute Gasteiger partial charge is 0.414 e. The number of H-pyrrole nitrogens is 1. The van der Waals surface area contributed by atoms with E-state index in [2.05, 4.69) is 40.3 Å². The van der Waals surface area contributed by atoms with Crippen molar-refractivity contribution in [2.75, 3.05) is 18.1 Å². The number of fused-ring (bicyclic) bond motifs is 1. The average Bonchev–Trinajstić information content (AvgIpc) is 3.21. The maximum absolute atomic E-state index is 12.7. The van der Waals surface area contributed by atoms with Gasteiger partial charge in [-0.1, -0.05) is 30.3 Å². The topological polar surface area (TPSA) is 58.2 Å². The Morgan fingerprint density at radius 2 is 1.93 bits per heavy atom. The van der Waals surface area contributed by atoms with Gasteiger partial charge in [-0.3, -0.25) is 4.90 Å². The molecule has 1 heterocycles. The van der Waals surface area contributed by atoms with E-state index in [1.165, 1.54) is 18.4 Å². The van der Waals surface area contributed by atoms with Crippen molar-refractivity contribution in [3.05, 3.63) is 60.4 Å². The predicted molar refractivity (Wildman–Crippen MR) is 112 cm³/mol. The molecule has 4 rings (SSSR count). The highest BCUT2D eigenvalue weighted by Gasteiger charge is 2.27. The molecule has 1 fully saturated rings. The van der Waals surface area contributed by atoms with E-state index < -0.39 is 0 Å². The minimum absolute atomic E-state index is 0.272. The normalized spacial score (nSPS) is 19.5. The first-order valence-electron chi connectivity index (χ1n) is 10.2. The summed E-state index contributed by atoms with van der Waals surface area (Å²) in [5.74, 6) is 1.12. The Morgan fingerprint density at radius 1 is 1.14 bits per heavy atom. The van der Waals surface area contributed by atoms with E-state index in [0.29, 0.717) is 25.0 Å². The van der Waals surface area contributed by atoms with Gasteiger partial charge < -0.3 is 9.72 Å². The van der Waals surface area contributed by atoms with Crippen LogP contribution in [0.3, 0.4) is 0 Å². The molecule has 0 spiro atoms. The van der Waals surface area contributed by atoms with Crippen LogP contribution in [0.1, 0.15) is 44.1 Å². The number of carbonyl (C=O) groups excluding carboxylic acids is 1. The summed E-state index contributed by atoms with van der Waals surface area (Å²) in [5.41, 5.74) is 4.13. The Kier molecular flexibility index (Phi) is 5.60. The lowest BCUT2D eigenvalue weighted by Crippen LogP contribution is -2.37. The molecule has 1 aliphatic rings. The third kappa shape index (κ3) is 4.03. The molecule has 146 valence electrons. The maximum atomic E-state index is 12.7. The molecule has 1 N–H and O–H groups in total. The van der Waals surface area contributed by atoms with Crippen LogP contribution >= 0.6 is 0 Å². The van der Waals surface area contributed by atoms with Gasteiger partial charge in [0.05, 0.1) is 24.0 Å². The molecule has 0 saturated heterocycles. The van der Waals surface area contributed by atoms with Crippen molar-refractivity contribution >= 4 is 22.8 Å². The number of aromatic amines is 1. The summed E-state index contributed by atoms with van der Waals surface area (Å²) in [6.07, 6.45) is 6.00. The largest absolute Gasteiger partial charge is 0.449 e. The van der Waals surface area contributed by atoms with Gasteiger partial charge in [0.2, 0.25) is 0 Å². The van der Waals surface area contributed by atoms with Crippen molar-refractivity contribution < 1.29 is 9.53 Å². The number of imidazole rings is 1. The van der Waals surface area contributed by atoms with Crippen molar-refractivity contribution in [3.63, 3.8) is 0 Å². The third-order valence-corrected chi connectivity index (χ3v) is 5.76. The van der Waals surface area contributed by atoms with E-state index in [4.69, 9.17) is 4.74 Å². The van der Waals surface area contributed by atoms with Crippen LogP contribution in [0.2, 0.25) is 0 Å². The highest BCUT2D eigenvalue weighted by molar-refractivity contribution is 5.90. The van der Waals surface area contributed by atoms with Crippen LogP contribution in [0.5, 0.6) is 0 Å². The van der Waals surface area contributed by atoms with Crippen molar-refractivity contribution in [2.24, 2.45) is 5.92 Å². The molecule has 2 aromatic carbocycles. The minimum atomic E-state index is -0.272. The first kappa shape index (κ1) is 18.5. The zero-order chi connectivity index (χ0) is 19.3. The van der Waals surface area contributed by atoms with Gasteiger partial charge in [-0.25, -0.2) is 9.78 Å². The Labute approximate surface area is 165 Å². The lowest BCUT2D eigenvalue weighted by Gasteiger charge is -2.32. The van der Waals surface area contributed by atoms with Gasteiger partial charge in [-0.2, -0.15) is 0 Å². The lowest BCUT2D eigenvalue weighted by molar-refractivity contribution is 0.157. The van der Waals surface area contributed by atoms with Crippen LogP contribution in [0.4, 0.5) is 10.5 Å². The first-order chi connectivity index (χ1) is 13.7. The van der Waals surface area contributed by atoms with Gasteiger partial charge in [0.25, 0.3) is 0 Å². The fraction of sp³-hybridized carbons (Fsp3) is 0.391. The summed E-state index contributed by atoms with van der Waals surface area (Å²) < 4.78 is 5.35. The Morgan fingerprint density at radius 3 is 2.68 bits per heavy atom. The van der Waals surface area contributed by atoms with E-state index in [1.807, 2.05) is 25.1 Å². The zero-order valence-corrected chi connectivity index (χ0v) is 16.3. The molecule has 0 radical (unpaired) electrons. The first-order valence-corrected chi connectivity index (χ1v) is 10.2. The van der Waals surface area contributed by atoms with Gasteiger partial charge in [0.15, 0.2) is 0 Å². The molecule has 1 amide bonds. The lowest BCUT2D eigenvalue weighted by atomic mass is 9.78. The van der Waals surface area contributed by atoms with Crippen molar-refractivity contribution in [3.8, 4) is 0 Å². The number of nitrogens with zero attached hydrogens (tertiary/aromatic N) is 2. The summed E-state index contributed by atoms with van der Waals surface area (Å²) in [5, 5.41) is 0. The van der Waals surface area contributed by atoms with E-state index in [0.717, 1.165) is 29.6 Å². The van der Waals surface area contributed by atoms with Crippen LogP contribution in [0.25, 0.3) is 11.0 Å². The molecule has 0 bridgehead atoms. The highest BCUT2D eigenvalue weighted by atomic mass is 16.6. The number of rotatable bonds is 5. The van der Waals surface area contributed by atoms with E-state index in [-0.39, 0.29) is 6.09 Å². The number of carbonyl (C=O) groups is 1. The summed E-state index contributed by atoms with van der Waals surface area (Å²) >= 11 is 0. The van der Waals surface area contributed by atoms with Gasteiger partial charge in [0.1, 0.15) is 0 Å². The zero-order valence-electron chi connectivity index (χ0n) is 16.3. The molecule has 0 aliphatic heterocycles. The number of anilines is 1. The molecular formula is C23H27N3O2. The van der Waals surface area contributed by atoms with Gasteiger partial charge in [-0.15, -0.1) is 0 Å². The van der Waals surface area contributed by atoms with Crippen LogP contribution in [-0.4, -0.2) is 29.2 Å². The maximum Gasteiger partial charge on any atom is 0.414 e. The van der Waals surface area contributed by atoms with Gasteiger partial charge in [-0.05, 0) is 68.2 Å². The number of benzene rings is 2. The molecule has 5 heteroatoms. The molecule has 0 atom stereocenters. The Hall–Kier alpha value is -2.82. The third-order valence-electron chi connectivity index (χ3n) is 5.76. The van der Waals surface area contributed by atoms with Crippen molar-refractivity contribution in [1.82, 2.24) is 9.97 Å². The summed E-state index contributed by atoms with van der Waals surface area (Å²) in [4.78, 5) is 21.8. The second-order valence-corrected chi connectivity index (χ2v) is 7.54. The van der Waals surface area contributed by atoms with Crippen molar-refractivity contribution in [2.45, 2.75) is 38.5 Å². The van der Waals surface area contributed by atoms with E-state index in [1.54, 1.807) is 11.2 Å². The van der Waals surface area contributed by atoms with Crippen LogP contribution in [0, 0.1) is 5.92 Å². The molecule has 5 nitrogen and oxygen atoms in total. The Balaban J connectivity index is 1.46. The molecule has 1 aliphatic carbocycles. The quantitative estimate of drug-likeness (QED) is 0.639. The average molecular weight is 377 g/mol. The van der Waals surface area contributed by atoms with Crippen molar-refractivity contribution in [1.29, 1.82) is 0 Å². The second kappa shape index (κ2) is 8.46. The summed E-state index contributed by atoms with van der Waals surface area (Å²) in [6.45, 7) is 2.92. The molecular weight excluding hydrogens is 350 g/mol. The molecule has 0 unspecified atom stereocenters. The standard InChI is InChI=1S/C23H27N3O2/c1-2-28-23(27)26(20-12-13-21-22(14-20)25-16-24-21)15-17-8-10-19(11-9-17)18-6-4-3-5-7-18/h3-7,12-14,16-17,19H,2,8-11,15H2,1H3,(H,24,25). The number of aromatic nitrogens is 2. The van der Waals surface area contributed by atoms with Crippen LogP contribution in [0.15, 0.2) is 54.9 Å². The molecule has 1 aromatic heterocycles. The Bertz CT molecular complexity index is 914. The molecule has 3 aromatic rings. The monoisotopic (exact) mass is 377 g/mol. The molecule has 28 heavy (non-hydrogen) atoms.